The van der Waals surface area contributed by atoms with Gasteiger partial charge in [-0.2, -0.15) is 0 Å². The van der Waals surface area contributed by atoms with E-state index in [-0.39, 0.29) is 28.9 Å². The molecule has 1 heterocycles. The van der Waals surface area contributed by atoms with E-state index in [1.165, 1.54) is 11.1 Å². The first-order valence-corrected chi connectivity index (χ1v) is 11.4. The predicted octanol–water partition coefficient (Wildman–Crippen LogP) is 3.37. The quantitative estimate of drug-likeness (QED) is 0.671. The van der Waals surface area contributed by atoms with Gasteiger partial charge in [-0.15, -0.1) is 0 Å². The molecule has 164 valence electrons. The fourth-order valence-electron chi connectivity index (χ4n) is 7.60. The summed E-state index contributed by atoms with van der Waals surface area (Å²) in [6.45, 7) is 4.15. The Morgan fingerprint density at radius 2 is 2.10 bits per heavy atom. The number of aliphatic hydroxyl groups excluding tert-OH is 1. The van der Waals surface area contributed by atoms with Crippen LogP contribution in [-0.2, 0) is 16.6 Å². The first-order chi connectivity index (χ1) is 14.5. The summed E-state index contributed by atoms with van der Waals surface area (Å²) in [6.07, 6.45) is 9.12. The van der Waals surface area contributed by atoms with E-state index in [1.54, 1.807) is 14.2 Å². The third-order valence-corrected chi connectivity index (χ3v) is 8.83. The average Bonchev–Trinajstić information content (AvgIpc) is 3.14. The largest absolute Gasteiger partial charge is 0.493 e. The fourth-order valence-corrected chi connectivity index (χ4v) is 7.60. The summed E-state index contributed by atoms with van der Waals surface area (Å²) in [4.78, 5) is 0. The van der Waals surface area contributed by atoms with Crippen molar-refractivity contribution in [3.63, 3.8) is 0 Å². The van der Waals surface area contributed by atoms with Gasteiger partial charge in [0.25, 0.3) is 0 Å². The molecular formula is C25H35NO4. The second-order valence-corrected chi connectivity index (χ2v) is 9.73. The third kappa shape index (κ3) is 2.09. The Morgan fingerprint density at radius 1 is 1.30 bits per heavy atom. The number of benzene rings is 1. The fraction of sp³-hybridized carbons (Fsp3) is 0.680. The van der Waals surface area contributed by atoms with Crippen LogP contribution in [0.5, 0.6) is 11.5 Å². The monoisotopic (exact) mass is 413 g/mol. The van der Waals surface area contributed by atoms with E-state index >= 15 is 0 Å². The second-order valence-electron chi connectivity index (χ2n) is 9.73. The number of rotatable bonds is 7. The minimum Gasteiger partial charge on any atom is -0.493 e. The van der Waals surface area contributed by atoms with E-state index in [0.717, 1.165) is 43.6 Å². The molecule has 0 radical (unpaired) electrons. The molecule has 1 aliphatic heterocycles. The lowest BCUT2D eigenvalue weighted by molar-refractivity contribution is -0.211. The SMILES string of the molecule is CCCC[C@]12c3c4ccc(OC)c3OC1C1(OC)C=CC2(C[C@@H]1C(C)O)C(NC)C4. The van der Waals surface area contributed by atoms with Crippen molar-refractivity contribution in [2.24, 2.45) is 11.3 Å². The van der Waals surface area contributed by atoms with Crippen molar-refractivity contribution in [3.8, 4) is 11.5 Å². The first-order valence-electron chi connectivity index (χ1n) is 11.4. The van der Waals surface area contributed by atoms with E-state index in [0.29, 0.717) is 0 Å². The van der Waals surface area contributed by atoms with Gasteiger partial charge in [-0.25, -0.2) is 0 Å². The highest BCUT2D eigenvalue weighted by molar-refractivity contribution is 5.64. The molecule has 1 aromatic rings. The number of methoxy groups -OCH3 is 2. The van der Waals surface area contributed by atoms with Crippen molar-refractivity contribution < 1.29 is 19.3 Å². The summed E-state index contributed by atoms with van der Waals surface area (Å²) in [6, 6.07) is 4.55. The van der Waals surface area contributed by atoms with E-state index in [2.05, 4.69) is 37.5 Å². The maximum Gasteiger partial charge on any atom is 0.166 e. The van der Waals surface area contributed by atoms with Crippen molar-refractivity contribution >= 4 is 0 Å². The highest BCUT2D eigenvalue weighted by Crippen LogP contribution is 2.73. The van der Waals surface area contributed by atoms with Crippen LogP contribution < -0.4 is 14.8 Å². The molecule has 1 fully saturated rings. The molecule has 1 aromatic carbocycles. The van der Waals surface area contributed by atoms with E-state index in [9.17, 15) is 5.11 Å². The second kappa shape index (κ2) is 6.72. The van der Waals surface area contributed by atoms with Gasteiger partial charge in [0.2, 0.25) is 0 Å². The van der Waals surface area contributed by atoms with Gasteiger partial charge in [0.05, 0.1) is 18.6 Å². The van der Waals surface area contributed by atoms with Gasteiger partial charge >= 0.3 is 0 Å². The topological polar surface area (TPSA) is 60.0 Å². The van der Waals surface area contributed by atoms with E-state index < -0.39 is 11.7 Å². The van der Waals surface area contributed by atoms with E-state index in [1.807, 2.05) is 13.0 Å². The number of hydrogen-bond donors (Lipinski definition) is 2. The zero-order valence-corrected chi connectivity index (χ0v) is 18.8. The Morgan fingerprint density at radius 3 is 2.73 bits per heavy atom. The van der Waals surface area contributed by atoms with Gasteiger partial charge in [0, 0.05) is 30.0 Å². The maximum absolute atomic E-state index is 10.9. The Kier molecular flexibility index (Phi) is 4.56. The highest BCUT2D eigenvalue weighted by atomic mass is 16.6. The van der Waals surface area contributed by atoms with Crippen LogP contribution in [-0.4, -0.2) is 50.2 Å². The van der Waals surface area contributed by atoms with Gasteiger partial charge in [-0.05, 0) is 44.9 Å². The van der Waals surface area contributed by atoms with Crippen molar-refractivity contribution in [2.45, 2.75) is 75.2 Å². The van der Waals surface area contributed by atoms with Crippen molar-refractivity contribution in [1.82, 2.24) is 5.32 Å². The van der Waals surface area contributed by atoms with Crippen LogP contribution in [0.25, 0.3) is 0 Å². The summed E-state index contributed by atoms with van der Waals surface area (Å²) in [7, 11) is 5.56. The smallest absolute Gasteiger partial charge is 0.166 e. The molecule has 1 spiro atoms. The molecule has 30 heavy (non-hydrogen) atoms. The lowest BCUT2D eigenvalue weighted by atomic mass is 9.38. The minimum absolute atomic E-state index is 0.0232. The zero-order chi connectivity index (χ0) is 21.3. The molecule has 1 saturated carbocycles. The van der Waals surface area contributed by atoms with Crippen LogP contribution in [0.2, 0.25) is 0 Å². The number of hydrogen-bond acceptors (Lipinski definition) is 5. The molecule has 2 N–H and O–H groups in total. The standard InChI is InChI=1S/C25H35NO4/c1-6-7-10-24-20-16-8-9-18(28-4)21(20)30-22(24)25(29-5)12-11-23(24,19(13-16)26-3)14-17(25)15(2)27/h8-9,11-12,15,17,19,22,26-27H,6-7,10,13-14H2,1-5H3/t15?,17-,19?,22?,23?,24+,25?/m1/s1. The van der Waals surface area contributed by atoms with Crippen LogP contribution >= 0.6 is 0 Å². The number of aliphatic hydroxyl groups is 1. The van der Waals surface area contributed by atoms with Crippen molar-refractivity contribution in [3.05, 3.63) is 35.4 Å². The lowest BCUT2D eigenvalue weighted by Crippen LogP contribution is -2.77. The Balaban J connectivity index is 1.85. The number of unbranched alkanes of at least 4 members (excludes halogenated alkanes) is 1. The van der Waals surface area contributed by atoms with Gasteiger partial charge in [-0.3, -0.25) is 0 Å². The summed E-state index contributed by atoms with van der Waals surface area (Å²) < 4.78 is 18.9. The van der Waals surface area contributed by atoms with Gasteiger partial charge in [0.15, 0.2) is 11.5 Å². The number of ether oxygens (including phenoxy) is 3. The third-order valence-electron chi connectivity index (χ3n) is 8.83. The summed E-state index contributed by atoms with van der Waals surface area (Å²) in [5.41, 5.74) is 1.72. The lowest BCUT2D eigenvalue weighted by Gasteiger charge is -2.68. The molecule has 4 aliphatic carbocycles. The Hall–Kier alpha value is -1.56. The Labute approximate surface area is 179 Å². The molecule has 5 heteroatoms. The van der Waals surface area contributed by atoms with Crippen LogP contribution in [0.15, 0.2) is 24.3 Å². The number of nitrogens with one attached hydrogen (secondary N) is 1. The average molecular weight is 414 g/mol. The maximum atomic E-state index is 10.9. The molecule has 7 atom stereocenters. The molecule has 0 aromatic heterocycles. The van der Waals surface area contributed by atoms with Crippen LogP contribution in [0.1, 0.15) is 50.7 Å². The van der Waals surface area contributed by atoms with Crippen LogP contribution in [0.4, 0.5) is 0 Å². The molecule has 5 unspecified atom stereocenters. The molecule has 5 aliphatic rings. The summed E-state index contributed by atoms with van der Waals surface area (Å²) in [5, 5.41) is 14.5. The summed E-state index contributed by atoms with van der Waals surface area (Å²) >= 11 is 0. The molecular weight excluding hydrogens is 378 g/mol. The summed E-state index contributed by atoms with van der Waals surface area (Å²) in [5.74, 6) is 1.67. The predicted molar refractivity (Wildman–Crippen MR) is 116 cm³/mol. The highest BCUT2D eigenvalue weighted by Gasteiger charge is 2.77. The molecule has 5 nitrogen and oxygen atoms in total. The zero-order valence-electron chi connectivity index (χ0n) is 18.8. The van der Waals surface area contributed by atoms with Crippen molar-refractivity contribution in [1.29, 1.82) is 0 Å². The molecule has 2 bridgehead atoms. The van der Waals surface area contributed by atoms with Gasteiger partial charge in [0.1, 0.15) is 11.7 Å². The first kappa shape index (κ1) is 20.3. The Bertz CT molecular complexity index is 882. The molecule has 6 rings (SSSR count). The molecule has 0 amide bonds. The van der Waals surface area contributed by atoms with Crippen molar-refractivity contribution in [2.75, 3.05) is 21.3 Å². The van der Waals surface area contributed by atoms with Gasteiger partial charge < -0.3 is 24.6 Å². The number of likely N-dealkylation sites (N-methyl/N-ethyl adjacent to an activating group) is 1. The minimum atomic E-state index is -0.652. The van der Waals surface area contributed by atoms with E-state index in [4.69, 9.17) is 14.2 Å². The molecule has 0 saturated heterocycles. The number of fused-ring (bicyclic) bond motifs is 1. The van der Waals surface area contributed by atoms with Crippen LogP contribution in [0, 0.1) is 11.3 Å². The van der Waals surface area contributed by atoms with Crippen LogP contribution in [0.3, 0.4) is 0 Å². The van der Waals surface area contributed by atoms with Gasteiger partial charge in [-0.1, -0.05) is 38.0 Å². The normalized spacial score (nSPS) is 40.8.